The van der Waals surface area contributed by atoms with Gasteiger partial charge in [-0.25, -0.2) is 9.13 Å². The minimum absolute atomic E-state index is 0. The molecule has 0 aromatic carbocycles. The molecule has 6 radical (unpaired) electrons. The van der Waals surface area contributed by atoms with Crippen molar-refractivity contribution in [2.24, 2.45) is 0 Å². The molecule has 0 heterocycles. The Morgan fingerprint density at radius 1 is 1.33 bits per heavy atom. The monoisotopic (exact) mass is 130 g/mol. The molecule has 0 aliphatic heterocycles. The molecule has 0 bridgehead atoms. The SMILES string of the molecule is O=P(=O)[S].[Li].[Si]. The summed E-state index contributed by atoms with van der Waals surface area (Å²) in [6, 6.07) is 0. The van der Waals surface area contributed by atoms with Gasteiger partial charge in [0.1, 0.15) is 0 Å². The van der Waals surface area contributed by atoms with Crippen molar-refractivity contribution in [2.75, 3.05) is 0 Å². The molecule has 0 unspecified atom stereocenters. The molecule has 0 aromatic rings. The van der Waals surface area contributed by atoms with E-state index in [4.69, 9.17) is 9.13 Å². The third-order valence-corrected chi connectivity index (χ3v) is 0. The molecule has 0 atom stereocenters. The third kappa shape index (κ3) is 73.9. The van der Waals surface area contributed by atoms with Crippen molar-refractivity contribution in [3.05, 3.63) is 0 Å². The first-order valence-electron chi connectivity index (χ1n) is 0.548. The summed E-state index contributed by atoms with van der Waals surface area (Å²) in [5.41, 5.74) is 0. The zero-order chi connectivity index (χ0) is 3.58. The Bertz CT molecular complexity index is 61.9. The molecule has 6 heavy (non-hydrogen) atoms. The van der Waals surface area contributed by atoms with Gasteiger partial charge >= 0.3 is 6.88 Å². The van der Waals surface area contributed by atoms with E-state index in [-0.39, 0.29) is 29.8 Å². The van der Waals surface area contributed by atoms with E-state index in [2.05, 4.69) is 12.2 Å². The van der Waals surface area contributed by atoms with Crippen LogP contribution in [0.15, 0.2) is 0 Å². The van der Waals surface area contributed by atoms with E-state index in [1.807, 2.05) is 0 Å². The van der Waals surface area contributed by atoms with E-state index in [0.29, 0.717) is 0 Å². The zero-order valence-electron chi connectivity index (χ0n) is 3.17. The Hall–Kier alpha value is 1.06. The Morgan fingerprint density at radius 3 is 1.33 bits per heavy atom. The predicted octanol–water partition coefficient (Wildman–Crippen LogP) is 0.510. The maximum Gasteiger partial charge on any atom is 0.390 e. The van der Waals surface area contributed by atoms with Crippen molar-refractivity contribution in [3.8, 4) is 0 Å². The van der Waals surface area contributed by atoms with Gasteiger partial charge in [0, 0.05) is 29.8 Å². The van der Waals surface area contributed by atoms with Gasteiger partial charge in [0.25, 0.3) is 0 Å². The van der Waals surface area contributed by atoms with Crippen LogP contribution in [0.2, 0.25) is 0 Å². The molecule has 0 aliphatic rings. The average Bonchev–Trinajstić information content (AvgIpc) is 0.811. The molecule has 28 valence electrons. The Kier molecular flexibility index (Phi) is 24.7. The fourth-order valence-electron chi connectivity index (χ4n) is 0. The van der Waals surface area contributed by atoms with E-state index >= 15 is 0 Å². The van der Waals surface area contributed by atoms with Crippen LogP contribution in [0.25, 0.3) is 0 Å². The molecule has 0 aliphatic carbocycles. The number of hydrogen-bond donors (Lipinski definition) is 0. The average molecular weight is 130 g/mol. The van der Waals surface area contributed by atoms with Gasteiger partial charge in [-0.3, -0.25) is 0 Å². The summed E-state index contributed by atoms with van der Waals surface area (Å²) < 4.78 is 17.7. The summed E-state index contributed by atoms with van der Waals surface area (Å²) in [6.45, 7) is -2.54. The van der Waals surface area contributed by atoms with Crippen molar-refractivity contribution < 1.29 is 9.13 Å². The van der Waals surface area contributed by atoms with Crippen molar-refractivity contribution in [1.29, 1.82) is 0 Å². The van der Waals surface area contributed by atoms with Gasteiger partial charge in [-0.15, -0.1) is 0 Å². The zero-order valence-corrected chi connectivity index (χ0v) is 5.88. The van der Waals surface area contributed by atoms with E-state index in [9.17, 15) is 0 Å². The van der Waals surface area contributed by atoms with Crippen LogP contribution in [0.1, 0.15) is 0 Å². The van der Waals surface area contributed by atoms with E-state index in [0.717, 1.165) is 0 Å². The summed E-state index contributed by atoms with van der Waals surface area (Å²) >= 11 is 3.57. The summed E-state index contributed by atoms with van der Waals surface area (Å²) in [6.07, 6.45) is 0. The Balaban J connectivity index is -0.0000000450. The standard InChI is InChI=1S/Li.O2PS.Si/c;1-3(2)4;. The first-order valence-corrected chi connectivity index (χ1v) is 2.74. The van der Waals surface area contributed by atoms with Gasteiger partial charge in [0.05, 0.1) is 12.2 Å². The second-order valence-corrected chi connectivity index (χ2v) is 1.57. The van der Waals surface area contributed by atoms with Crippen molar-refractivity contribution in [1.82, 2.24) is 0 Å². The largest absolute Gasteiger partial charge is 0.390 e. The van der Waals surface area contributed by atoms with Crippen LogP contribution >= 0.6 is 19.1 Å². The van der Waals surface area contributed by atoms with Crippen LogP contribution in [0.4, 0.5) is 0 Å². The number of rotatable bonds is 0. The fraction of sp³-hybridized carbons (Fsp3) is 0. The van der Waals surface area contributed by atoms with Gasteiger partial charge in [0.15, 0.2) is 0 Å². The fourth-order valence-corrected chi connectivity index (χ4v) is 0. The maximum atomic E-state index is 8.85. The van der Waals surface area contributed by atoms with Crippen LogP contribution in [0, 0.1) is 0 Å². The summed E-state index contributed by atoms with van der Waals surface area (Å²) in [4.78, 5) is 0. The molecule has 0 fully saturated rings. The van der Waals surface area contributed by atoms with Gasteiger partial charge in [0.2, 0.25) is 0 Å². The van der Waals surface area contributed by atoms with Crippen molar-refractivity contribution in [3.63, 3.8) is 0 Å². The molecule has 0 N–H and O–H groups in total. The molecule has 0 rings (SSSR count). The van der Waals surface area contributed by atoms with Crippen molar-refractivity contribution >= 4 is 49.0 Å². The minimum Gasteiger partial charge on any atom is -0.224 e. The Morgan fingerprint density at radius 2 is 1.33 bits per heavy atom. The smallest absolute Gasteiger partial charge is 0.224 e. The molecule has 0 saturated carbocycles. The molecular weight excluding hydrogens is 130 g/mol. The minimum atomic E-state index is -2.54. The van der Waals surface area contributed by atoms with Crippen LogP contribution in [-0.4, -0.2) is 29.8 Å². The first kappa shape index (κ1) is 15.7. The van der Waals surface area contributed by atoms with Crippen LogP contribution in [0.3, 0.4) is 0 Å². The summed E-state index contributed by atoms with van der Waals surface area (Å²) in [7, 11) is 0. The van der Waals surface area contributed by atoms with Gasteiger partial charge < -0.3 is 0 Å². The van der Waals surface area contributed by atoms with E-state index in [1.54, 1.807) is 0 Å². The molecule has 0 aromatic heterocycles. The molecular formula is LiO2PSSi. The molecule has 6 heteroatoms. The Labute approximate surface area is 58.3 Å². The second-order valence-electron chi connectivity index (χ2n) is 0.224. The summed E-state index contributed by atoms with van der Waals surface area (Å²) in [5.74, 6) is 0. The number of hydrogen-bond acceptors (Lipinski definition) is 2. The topological polar surface area (TPSA) is 34.1 Å². The second kappa shape index (κ2) is 9.42. The maximum absolute atomic E-state index is 8.85. The van der Waals surface area contributed by atoms with Crippen LogP contribution < -0.4 is 0 Å². The molecule has 0 spiro atoms. The molecule has 2 nitrogen and oxygen atoms in total. The van der Waals surface area contributed by atoms with Gasteiger partial charge in [-0.2, -0.15) is 0 Å². The van der Waals surface area contributed by atoms with E-state index < -0.39 is 6.88 Å². The van der Waals surface area contributed by atoms with Crippen molar-refractivity contribution in [2.45, 2.75) is 0 Å². The van der Waals surface area contributed by atoms with Gasteiger partial charge in [-0.05, 0) is 0 Å². The van der Waals surface area contributed by atoms with Crippen LogP contribution in [0.5, 0.6) is 0 Å². The quantitative estimate of drug-likeness (QED) is 0.353. The predicted molar refractivity (Wildman–Crippen MR) is 27.4 cm³/mol. The summed E-state index contributed by atoms with van der Waals surface area (Å²) in [5, 5.41) is 0. The third-order valence-electron chi connectivity index (χ3n) is 0. The normalized spacial score (nSPS) is 4.17. The molecule has 0 saturated heterocycles. The van der Waals surface area contributed by atoms with E-state index in [1.165, 1.54) is 0 Å². The van der Waals surface area contributed by atoms with Crippen LogP contribution in [-0.2, 0) is 9.13 Å². The molecule has 0 amide bonds. The first-order chi connectivity index (χ1) is 1.73. The van der Waals surface area contributed by atoms with Gasteiger partial charge in [-0.1, -0.05) is 0 Å².